The molecular weight excluding hydrogens is 296 g/mol. The predicted molar refractivity (Wildman–Crippen MR) is 91.1 cm³/mol. The number of nitrogen functional groups attached to an aromatic ring is 1. The highest BCUT2D eigenvalue weighted by Crippen LogP contribution is 2.25. The summed E-state index contributed by atoms with van der Waals surface area (Å²) in [6.45, 7) is 1.96. The van der Waals surface area contributed by atoms with Crippen LogP contribution in [0.2, 0.25) is 0 Å². The normalized spacial score (nSPS) is 11.0. The molecule has 0 spiro atoms. The molecule has 0 aliphatic heterocycles. The summed E-state index contributed by atoms with van der Waals surface area (Å²) in [7, 11) is 1.73. The second kappa shape index (κ2) is 5.46. The molecule has 2 N–H and O–H groups in total. The lowest BCUT2D eigenvalue weighted by Crippen LogP contribution is -2.20. The van der Waals surface area contributed by atoms with Crippen molar-refractivity contribution >= 4 is 28.5 Å². The Kier molecular flexibility index (Phi) is 3.62. The fraction of sp³-hybridized carbons (Fsp3) is 0.188. The number of benzene rings is 1. The molecule has 0 aliphatic rings. The molecule has 0 unspecified atom stereocenters. The number of aryl methyl sites for hydroxylation is 2. The predicted octanol–water partition coefficient (Wildman–Crippen LogP) is 2.61. The third kappa shape index (κ3) is 2.35. The maximum absolute atomic E-state index is 12.7. The molecule has 2 aromatic heterocycles. The van der Waals surface area contributed by atoms with Crippen molar-refractivity contribution in [2.45, 2.75) is 12.1 Å². The number of rotatable bonds is 2. The maximum atomic E-state index is 12.7. The van der Waals surface area contributed by atoms with Gasteiger partial charge in [0.1, 0.15) is 5.65 Å². The Morgan fingerprint density at radius 1 is 1.23 bits per heavy atom. The number of fused-ring (bicyclic) bond motifs is 1. The number of thioether (sulfide) groups is 1. The first-order valence-electron chi connectivity index (χ1n) is 6.78. The highest BCUT2D eigenvalue weighted by atomic mass is 32.2. The van der Waals surface area contributed by atoms with Gasteiger partial charge in [0.05, 0.1) is 0 Å². The zero-order chi connectivity index (χ0) is 15.9. The summed E-state index contributed by atoms with van der Waals surface area (Å²) in [5, 5.41) is 1.48. The number of nitrogens with zero attached hydrogens (tertiary/aromatic N) is 3. The molecule has 1 aromatic carbocycles. The minimum atomic E-state index is -0.0908. The van der Waals surface area contributed by atoms with Crippen LogP contribution >= 0.6 is 11.8 Å². The number of nitrogens with two attached hydrogens (primary N) is 1. The SMILES string of the molecule is CSc1ncc2cc(-c3cc(N)ccc3C)c(=O)n(C)c2n1. The average Bonchev–Trinajstić information content (AvgIpc) is 2.53. The molecule has 0 aliphatic carbocycles. The largest absolute Gasteiger partial charge is 0.399 e. The lowest BCUT2D eigenvalue weighted by Gasteiger charge is -2.11. The number of anilines is 1. The smallest absolute Gasteiger partial charge is 0.259 e. The number of pyridine rings is 1. The zero-order valence-electron chi connectivity index (χ0n) is 12.6. The first-order chi connectivity index (χ1) is 10.5. The van der Waals surface area contributed by atoms with Crippen LogP contribution in [-0.4, -0.2) is 20.8 Å². The standard InChI is InChI=1S/C16H16N4OS/c1-9-4-5-11(17)7-12(9)13-6-10-8-18-16(22-3)19-14(10)20(2)15(13)21/h4-8H,17H2,1-3H3. The van der Waals surface area contributed by atoms with E-state index in [9.17, 15) is 4.79 Å². The first-order valence-corrected chi connectivity index (χ1v) is 8.01. The molecule has 112 valence electrons. The summed E-state index contributed by atoms with van der Waals surface area (Å²) >= 11 is 1.45. The van der Waals surface area contributed by atoms with Gasteiger partial charge >= 0.3 is 0 Å². The van der Waals surface area contributed by atoms with Crippen molar-refractivity contribution in [1.82, 2.24) is 14.5 Å². The van der Waals surface area contributed by atoms with E-state index in [0.29, 0.717) is 22.1 Å². The van der Waals surface area contributed by atoms with Crippen molar-refractivity contribution in [1.29, 1.82) is 0 Å². The third-order valence-corrected chi connectivity index (χ3v) is 4.22. The van der Waals surface area contributed by atoms with Crippen molar-refractivity contribution in [2.75, 3.05) is 12.0 Å². The molecule has 0 bridgehead atoms. The van der Waals surface area contributed by atoms with E-state index in [-0.39, 0.29) is 5.56 Å². The van der Waals surface area contributed by atoms with E-state index in [1.807, 2.05) is 37.4 Å². The summed E-state index contributed by atoms with van der Waals surface area (Å²) in [5.74, 6) is 0. The van der Waals surface area contributed by atoms with E-state index in [4.69, 9.17) is 5.73 Å². The summed E-state index contributed by atoms with van der Waals surface area (Å²) in [6.07, 6.45) is 3.66. The quantitative estimate of drug-likeness (QED) is 0.447. The molecule has 0 atom stereocenters. The van der Waals surface area contributed by atoms with Crippen LogP contribution < -0.4 is 11.3 Å². The molecule has 5 nitrogen and oxygen atoms in total. The molecule has 0 radical (unpaired) electrons. The van der Waals surface area contributed by atoms with Gasteiger partial charge < -0.3 is 5.73 Å². The molecule has 22 heavy (non-hydrogen) atoms. The second-order valence-corrected chi connectivity index (χ2v) is 5.91. The highest BCUT2D eigenvalue weighted by molar-refractivity contribution is 7.98. The van der Waals surface area contributed by atoms with Crippen molar-refractivity contribution in [3.63, 3.8) is 0 Å². The van der Waals surface area contributed by atoms with Crippen LogP contribution in [0.25, 0.3) is 22.2 Å². The summed E-state index contributed by atoms with van der Waals surface area (Å²) in [6, 6.07) is 7.42. The minimum Gasteiger partial charge on any atom is -0.399 e. The minimum absolute atomic E-state index is 0.0908. The van der Waals surface area contributed by atoms with Gasteiger partial charge in [-0.15, -0.1) is 0 Å². The molecule has 0 amide bonds. The molecule has 0 fully saturated rings. The van der Waals surface area contributed by atoms with Gasteiger partial charge in [0.25, 0.3) is 5.56 Å². The topological polar surface area (TPSA) is 73.8 Å². The Labute approximate surface area is 132 Å². The molecule has 2 heterocycles. The Bertz CT molecular complexity index is 933. The van der Waals surface area contributed by atoms with Gasteiger partial charge in [-0.05, 0) is 42.5 Å². The fourth-order valence-electron chi connectivity index (χ4n) is 2.45. The maximum Gasteiger partial charge on any atom is 0.259 e. The second-order valence-electron chi connectivity index (χ2n) is 5.13. The zero-order valence-corrected chi connectivity index (χ0v) is 13.4. The van der Waals surface area contributed by atoms with Gasteiger partial charge in [-0.2, -0.15) is 0 Å². The number of aromatic nitrogens is 3. The Morgan fingerprint density at radius 3 is 2.73 bits per heavy atom. The van der Waals surface area contributed by atoms with E-state index >= 15 is 0 Å². The molecule has 0 saturated carbocycles. The lowest BCUT2D eigenvalue weighted by atomic mass is 10.0. The van der Waals surface area contributed by atoms with Gasteiger partial charge in [0.15, 0.2) is 5.16 Å². The van der Waals surface area contributed by atoms with Crippen LogP contribution in [0.1, 0.15) is 5.56 Å². The lowest BCUT2D eigenvalue weighted by molar-refractivity contribution is 0.861. The summed E-state index contributed by atoms with van der Waals surface area (Å²) < 4.78 is 1.56. The number of hydrogen-bond acceptors (Lipinski definition) is 5. The summed E-state index contributed by atoms with van der Waals surface area (Å²) in [5.41, 5.74) is 9.51. The van der Waals surface area contributed by atoms with E-state index < -0.39 is 0 Å². The molecular formula is C16H16N4OS. The van der Waals surface area contributed by atoms with Crippen LogP contribution in [0.3, 0.4) is 0 Å². The van der Waals surface area contributed by atoms with Gasteiger partial charge in [0.2, 0.25) is 0 Å². The Morgan fingerprint density at radius 2 is 2.00 bits per heavy atom. The first kappa shape index (κ1) is 14.6. The van der Waals surface area contributed by atoms with E-state index in [1.54, 1.807) is 17.8 Å². The van der Waals surface area contributed by atoms with Crippen molar-refractivity contribution in [2.24, 2.45) is 7.05 Å². The summed E-state index contributed by atoms with van der Waals surface area (Å²) in [4.78, 5) is 21.4. The van der Waals surface area contributed by atoms with Gasteiger partial charge in [-0.1, -0.05) is 17.8 Å². The Balaban J connectivity index is 2.34. The Hall–Kier alpha value is -2.34. The molecule has 3 rings (SSSR count). The fourth-order valence-corrected chi connectivity index (χ4v) is 2.79. The van der Waals surface area contributed by atoms with E-state index in [1.165, 1.54) is 11.8 Å². The number of hydrogen-bond donors (Lipinski definition) is 1. The molecule has 0 saturated heterocycles. The van der Waals surface area contributed by atoms with Gasteiger partial charge in [-0.3, -0.25) is 9.36 Å². The average molecular weight is 312 g/mol. The van der Waals surface area contributed by atoms with Gasteiger partial charge in [0, 0.05) is 29.9 Å². The van der Waals surface area contributed by atoms with Crippen molar-refractivity contribution in [3.05, 3.63) is 46.4 Å². The van der Waals surface area contributed by atoms with E-state index in [2.05, 4.69) is 9.97 Å². The van der Waals surface area contributed by atoms with Crippen LogP contribution in [0.15, 0.2) is 40.4 Å². The molecule has 6 heteroatoms. The molecule has 3 aromatic rings. The van der Waals surface area contributed by atoms with E-state index in [0.717, 1.165) is 16.5 Å². The van der Waals surface area contributed by atoms with Crippen molar-refractivity contribution < 1.29 is 0 Å². The monoisotopic (exact) mass is 312 g/mol. The van der Waals surface area contributed by atoms with Crippen LogP contribution in [0, 0.1) is 6.92 Å². The van der Waals surface area contributed by atoms with Crippen LogP contribution in [-0.2, 0) is 7.05 Å². The third-order valence-electron chi connectivity index (χ3n) is 3.66. The van der Waals surface area contributed by atoms with Crippen LogP contribution in [0.4, 0.5) is 5.69 Å². The highest BCUT2D eigenvalue weighted by Gasteiger charge is 2.13. The van der Waals surface area contributed by atoms with Gasteiger partial charge in [-0.25, -0.2) is 9.97 Å². The van der Waals surface area contributed by atoms with Crippen molar-refractivity contribution in [3.8, 4) is 11.1 Å². The van der Waals surface area contributed by atoms with Crippen LogP contribution in [0.5, 0.6) is 0 Å².